The molecule has 0 aromatic carbocycles. The molecule has 1 unspecified atom stereocenters. The number of morpholine rings is 1. The molecule has 1 amide bonds. The Balaban J connectivity index is 2.50. The number of hydrogen-bond donors (Lipinski definition) is 3. The molecule has 1 heterocycles. The molecule has 6 heteroatoms. The summed E-state index contributed by atoms with van der Waals surface area (Å²) in [6.45, 7) is 14.7. The molecule has 1 rings (SSSR count). The average molecular weight is 329 g/mol. The van der Waals surface area contributed by atoms with E-state index in [-0.39, 0.29) is 17.6 Å². The predicted octanol–water partition coefficient (Wildman–Crippen LogP) is 0.741. The van der Waals surface area contributed by atoms with Crippen molar-refractivity contribution in [3.8, 4) is 0 Å². The highest BCUT2D eigenvalue weighted by atomic mass is 16.5. The molecule has 0 saturated carbocycles. The Hall–Kier alpha value is -0.690. The lowest BCUT2D eigenvalue weighted by atomic mass is 9.94. The van der Waals surface area contributed by atoms with Crippen LogP contribution in [-0.4, -0.2) is 72.0 Å². The highest BCUT2D eigenvalue weighted by Crippen LogP contribution is 2.19. The van der Waals surface area contributed by atoms with E-state index in [1.54, 1.807) is 13.8 Å². The summed E-state index contributed by atoms with van der Waals surface area (Å²) >= 11 is 0. The van der Waals surface area contributed by atoms with E-state index in [4.69, 9.17) is 4.74 Å². The van der Waals surface area contributed by atoms with Crippen LogP contribution in [-0.2, 0) is 9.53 Å². The number of rotatable bonds is 8. The number of amides is 1. The van der Waals surface area contributed by atoms with Gasteiger partial charge in [0.05, 0.1) is 24.9 Å². The maximum Gasteiger partial charge on any atom is 0.236 e. The summed E-state index contributed by atoms with van der Waals surface area (Å²) < 4.78 is 5.89. The van der Waals surface area contributed by atoms with Gasteiger partial charge in [-0.25, -0.2) is 0 Å². The molecule has 136 valence electrons. The summed E-state index contributed by atoms with van der Waals surface area (Å²) in [5, 5.41) is 16.4. The zero-order chi connectivity index (χ0) is 17.7. The van der Waals surface area contributed by atoms with Crippen molar-refractivity contribution in [3.05, 3.63) is 0 Å². The average Bonchev–Trinajstić information content (AvgIpc) is 2.43. The Labute approximate surface area is 141 Å². The lowest BCUT2D eigenvalue weighted by Crippen LogP contribution is -2.60. The van der Waals surface area contributed by atoms with E-state index in [0.717, 1.165) is 0 Å². The summed E-state index contributed by atoms with van der Waals surface area (Å²) in [6, 6.07) is 0.302. The van der Waals surface area contributed by atoms with Crippen LogP contribution in [0.3, 0.4) is 0 Å². The highest BCUT2D eigenvalue weighted by molar-refractivity contribution is 5.78. The molecule has 0 aromatic rings. The fourth-order valence-electron chi connectivity index (χ4n) is 2.52. The van der Waals surface area contributed by atoms with Crippen LogP contribution in [0.2, 0.25) is 0 Å². The normalized spacial score (nSPS) is 20.2. The third-order valence-corrected chi connectivity index (χ3v) is 4.20. The third-order valence-electron chi connectivity index (χ3n) is 4.20. The minimum Gasteiger partial charge on any atom is -0.390 e. The van der Waals surface area contributed by atoms with Crippen LogP contribution < -0.4 is 10.6 Å². The van der Waals surface area contributed by atoms with Crippen molar-refractivity contribution in [2.24, 2.45) is 0 Å². The molecule has 0 bridgehead atoms. The summed E-state index contributed by atoms with van der Waals surface area (Å²) in [4.78, 5) is 14.2. The van der Waals surface area contributed by atoms with Gasteiger partial charge in [-0.2, -0.15) is 0 Å². The first kappa shape index (κ1) is 20.4. The van der Waals surface area contributed by atoms with Crippen LogP contribution >= 0.6 is 0 Å². The van der Waals surface area contributed by atoms with E-state index >= 15 is 0 Å². The maximum absolute atomic E-state index is 12.3. The van der Waals surface area contributed by atoms with Gasteiger partial charge in [0.25, 0.3) is 0 Å². The summed E-state index contributed by atoms with van der Waals surface area (Å²) in [5.74, 6) is 0.124. The van der Waals surface area contributed by atoms with E-state index in [0.29, 0.717) is 45.2 Å². The smallest absolute Gasteiger partial charge is 0.236 e. The Kier molecular flexibility index (Phi) is 7.45. The molecule has 0 radical (unpaired) electrons. The van der Waals surface area contributed by atoms with Crippen molar-refractivity contribution in [1.82, 2.24) is 15.5 Å². The standard InChI is InChI=1S/C17H35N3O3/c1-13(2)18-11-15(21)20-9-10-23-14(12-20)17(5,6)19-8-7-16(3,4)22/h13-14,18-19,22H,7-12H2,1-6H3. The summed E-state index contributed by atoms with van der Waals surface area (Å²) in [5.41, 5.74) is -0.934. The molecule has 1 fully saturated rings. The molecule has 0 aromatic heterocycles. The molecular formula is C17H35N3O3. The zero-order valence-corrected chi connectivity index (χ0v) is 15.6. The number of carbonyl (C=O) groups is 1. The largest absolute Gasteiger partial charge is 0.390 e. The molecule has 1 aliphatic heterocycles. The van der Waals surface area contributed by atoms with E-state index < -0.39 is 5.60 Å². The molecule has 1 saturated heterocycles. The van der Waals surface area contributed by atoms with Crippen LogP contribution in [0.5, 0.6) is 0 Å². The van der Waals surface area contributed by atoms with Gasteiger partial charge in [0.15, 0.2) is 0 Å². The lowest BCUT2D eigenvalue weighted by Gasteiger charge is -2.42. The molecular weight excluding hydrogens is 294 g/mol. The van der Waals surface area contributed by atoms with Crippen molar-refractivity contribution < 1.29 is 14.6 Å². The van der Waals surface area contributed by atoms with E-state index in [9.17, 15) is 9.90 Å². The van der Waals surface area contributed by atoms with Gasteiger partial charge >= 0.3 is 0 Å². The minimum atomic E-state index is -0.680. The van der Waals surface area contributed by atoms with Gasteiger partial charge in [0.1, 0.15) is 0 Å². The van der Waals surface area contributed by atoms with Gasteiger partial charge in [-0.15, -0.1) is 0 Å². The molecule has 6 nitrogen and oxygen atoms in total. The molecule has 0 aliphatic carbocycles. The topological polar surface area (TPSA) is 73.8 Å². The van der Waals surface area contributed by atoms with E-state index in [2.05, 4.69) is 24.5 Å². The van der Waals surface area contributed by atoms with Crippen LogP contribution in [0.15, 0.2) is 0 Å². The lowest BCUT2D eigenvalue weighted by molar-refractivity contribution is -0.141. The quantitative estimate of drug-likeness (QED) is 0.612. The number of aliphatic hydroxyl groups is 1. The van der Waals surface area contributed by atoms with Crippen LogP contribution in [0.1, 0.15) is 48.0 Å². The second-order valence-corrected chi connectivity index (χ2v) is 7.95. The molecule has 1 atom stereocenters. The monoisotopic (exact) mass is 329 g/mol. The van der Waals surface area contributed by atoms with Gasteiger partial charge in [-0.3, -0.25) is 4.79 Å². The molecule has 3 N–H and O–H groups in total. The van der Waals surface area contributed by atoms with Crippen molar-refractivity contribution in [2.75, 3.05) is 32.8 Å². The fourth-order valence-corrected chi connectivity index (χ4v) is 2.52. The van der Waals surface area contributed by atoms with Crippen molar-refractivity contribution >= 4 is 5.91 Å². The van der Waals surface area contributed by atoms with Gasteiger partial charge in [-0.05, 0) is 40.7 Å². The van der Waals surface area contributed by atoms with Crippen LogP contribution in [0.25, 0.3) is 0 Å². The SMILES string of the molecule is CC(C)NCC(=O)N1CCOC(C(C)(C)NCCC(C)(C)O)C1. The summed E-state index contributed by atoms with van der Waals surface area (Å²) in [6.07, 6.45) is 0.616. The maximum atomic E-state index is 12.3. The number of nitrogens with zero attached hydrogens (tertiary/aromatic N) is 1. The van der Waals surface area contributed by atoms with Crippen molar-refractivity contribution in [3.63, 3.8) is 0 Å². The number of hydrogen-bond acceptors (Lipinski definition) is 5. The second-order valence-electron chi connectivity index (χ2n) is 7.95. The minimum absolute atomic E-state index is 0.0546. The third kappa shape index (κ3) is 7.61. The Morgan fingerprint density at radius 3 is 2.57 bits per heavy atom. The summed E-state index contributed by atoms with van der Waals surface area (Å²) in [7, 11) is 0. The predicted molar refractivity (Wildman–Crippen MR) is 92.5 cm³/mol. The second kappa shape index (κ2) is 8.42. The first-order chi connectivity index (χ1) is 10.5. The van der Waals surface area contributed by atoms with Crippen LogP contribution in [0.4, 0.5) is 0 Å². The first-order valence-electron chi connectivity index (χ1n) is 8.61. The van der Waals surface area contributed by atoms with E-state index in [1.165, 1.54) is 0 Å². The molecule has 0 spiro atoms. The van der Waals surface area contributed by atoms with Gasteiger partial charge in [0, 0.05) is 24.7 Å². The van der Waals surface area contributed by atoms with Gasteiger partial charge < -0.3 is 25.4 Å². The molecule has 23 heavy (non-hydrogen) atoms. The Morgan fingerprint density at radius 2 is 2.00 bits per heavy atom. The number of ether oxygens (including phenoxy) is 1. The van der Waals surface area contributed by atoms with Crippen LogP contribution in [0, 0.1) is 0 Å². The highest BCUT2D eigenvalue weighted by Gasteiger charge is 2.35. The molecule has 1 aliphatic rings. The number of nitrogens with one attached hydrogen (secondary N) is 2. The van der Waals surface area contributed by atoms with Gasteiger partial charge in [0.2, 0.25) is 5.91 Å². The van der Waals surface area contributed by atoms with Gasteiger partial charge in [-0.1, -0.05) is 13.8 Å². The van der Waals surface area contributed by atoms with E-state index in [1.807, 2.05) is 18.7 Å². The Bertz CT molecular complexity index is 378. The van der Waals surface area contributed by atoms with Crippen molar-refractivity contribution in [1.29, 1.82) is 0 Å². The number of carbonyl (C=O) groups excluding carboxylic acids is 1. The fraction of sp³-hybridized carbons (Fsp3) is 0.941. The zero-order valence-electron chi connectivity index (χ0n) is 15.6. The van der Waals surface area contributed by atoms with Crippen molar-refractivity contribution in [2.45, 2.75) is 71.2 Å². The Morgan fingerprint density at radius 1 is 1.35 bits per heavy atom. The first-order valence-corrected chi connectivity index (χ1v) is 8.61.